The van der Waals surface area contributed by atoms with Gasteiger partial charge in [0.25, 0.3) is 0 Å². The smallest absolute Gasteiger partial charge is 0.224 e. The van der Waals surface area contributed by atoms with Gasteiger partial charge in [-0.3, -0.25) is 4.79 Å². The molecule has 1 aromatic rings. The topological polar surface area (TPSA) is 49.3 Å². The normalized spacial score (nSPS) is 12.5. The minimum absolute atomic E-state index is 0.0313. The molecule has 0 aliphatic heterocycles. The fourth-order valence-electron chi connectivity index (χ4n) is 1.89. The predicted molar refractivity (Wildman–Crippen MR) is 68.9 cm³/mol. The molecule has 0 bridgehead atoms. The molecule has 0 aliphatic rings. The number of aromatic hydroxyl groups is 1. The molecular formula is C14H21NO2. The highest BCUT2D eigenvalue weighted by atomic mass is 16.3. The fourth-order valence-corrected chi connectivity index (χ4v) is 1.89. The van der Waals surface area contributed by atoms with Crippen molar-refractivity contribution < 1.29 is 9.90 Å². The molecule has 3 heteroatoms. The fraction of sp³-hybridized carbons (Fsp3) is 0.500. The van der Waals surface area contributed by atoms with E-state index in [4.69, 9.17) is 5.11 Å². The summed E-state index contributed by atoms with van der Waals surface area (Å²) in [5, 5.41) is 12.1. The summed E-state index contributed by atoms with van der Waals surface area (Å²) in [6.45, 7) is 6.31. The zero-order chi connectivity index (χ0) is 12.8. The van der Waals surface area contributed by atoms with Crippen LogP contribution in [0, 0.1) is 5.92 Å². The molecule has 0 radical (unpaired) electrons. The van der Waals surface area contributed by atoms with Crippen LogP contribution in [-0.4, -0.2) is 17.1 Å². The average Bonchev–Trinajstić information content (AvgIpc) is 2.19. The summed E-state index contributed by atoms with van der Waals surface area (Å²) in [6.07, 6.45) is 1.35. The number of carbonyl (C=O) groups is 1. The van der Waals surface area contributed by atoms with E-state index in [0.717, 1.165) is 12.0 Å². The van der Waals surface area contributed by atoms with E-state index < -0.39 is 0 Å². The molecule has 1 amide bonds. The maximum Gasteiger partial charge on any atom is 0.224 e. The largest absolute Gasteiger partial charge is 0.508 e. The van der Waals surface area contributed by atoms with Crippen LogP contribution in [0.1, 0.15) is 32.8 Å². The summed E-state index contributed by atoms with van der Waals surface area (Å²) >= 11 is 0. The Labute approximate surface area is 103 Å². The number of nitrogens with one attached hydrogen (secondary N) is 1. The van der Waals surface area contributed by atoms with Crippen molar-refractivity contribution in [3.8, 4) is 5.75 Å². The third kappa shape index (κ3) is 5.38. The van der Waals surface area contributed by atoms with E-state index in [0.29, 0.717) is 12.3 Å². The zero-order valence-electron chi connectivity index (χ0n) is 10.7. The van der Waals surface area contributed by atoms with Crippen molar-refractivity contribution in [3.05, 3.63) is 29.8 Å². The van der Waals surface area contributed by atoms with Gasteiger partial charge in [-0.15, -0.1) is 0 Å². The summed E-state index contributed by atoms with van der Waals surface area (Å²) in [4.78, 5) is 11.7. The van der Waals surface area contributed by atoms with E-state index in [9.17, 15) is 4.79 Å². The molecule has 0 fully saturated rings. The van der Waals surface area contributed by atoms with E-state index in [1.165, 1.54) is 0 Å². The Bertz CT molecular complexity index is 357. The van der Waals surface area contributed by atoms with Crippen LogP contribution < -0.4 is 5.32 Å². The summed E-state index contributed by atoms with van der Waals surface area (Å²) in [5.41, 5.74) is 0.914. The first-order chi connectivity index (χ1) is 7.97. The minimum Gasteiger partial charge on any atom is -0.508 e. The second kappa shape index (κ2) is 6.28. The van der Waals surface area contributed by atoms with Gasteiger partial charge in [-0.05, 0) is 37.0 Å². The van der Waals surface area contributed by atoms with Gasteiger partial charge >= 0.3 is 0 Å². The lowest BCUT2D eigenvalue weighted by molar-refractivity contribution is -0.121. The van der Waals surface area contributed by atoms with Gasteiger partial charge in [-0.25, -0.2) is 0 Å². The Hall–Kier alpha value is -1.51. The number of hydrogen-bond acceptors (Lipinski definition) is 2. The molecule has 1 unspecified atom stereocenters. The second-order valence-corrected chi connectivity index (χ2v) is 4.94. The highest BCUT2D eigenvalue weighted by molar-refractivity contribution is 5.78. The summed E-state index contributed by atoms with van der Waals surface area (Å²) in [6, 6.07) is 6.93. The molecule has 0 saturated heterocycles. The van der Waals surface area contributed by atoms with Crippen molar-refractivity contribution in [3.63, 3.8) is 0 Å². The molecule has 17 heavy (non-hydrogen) atoms. The number of phenols is 1. The van der Waals surface area contributed by atoms with Crippen LogP contribution >= 0.6 is 0 Å². The molecular weight excluding hydrogens is 214 g/mol. The number of phenolic OH excluding ortho intramolecular Hbond substituents is 1. The van der Waals surface area contributed by atoms with Crippen LogP contribution in [-0.2, 0) is 11.2 Å². The maximum atomic E-state index is 11.7. The number of hydrogen-bond donors (Lipinski definition) is 2. The van der Waals surface area contributed by atoms with Crippen LogP contribution in [0.15, 0.2) is 24.3 Å². The number of rotatable bonds is 5. The van der Waals surface area contributed by atoms with Crippen LogP contribution in [0.4, 0.5) is 0 Å². The molecule has 1 rings (SSSR count). The Morgan fingerprint density at radius 2 is 1.82 bits per heavy atom. The van der Waals surface area contributed by atoms with Crippen molar-refractivity contribution in [1.29, 1.82) is 0 Å². The monoisotopic (exact) mass is 235 g/mol. The third-order valence-electron chi connectivity index (χ3n) is 2.53. The van der Waals surface area contributed by atoms with Crippen molar-refractivity contribution >= 4 is 5.91 Å². The van der Waals surface area contributed by atoms with E-state index in [1.54, 1.807) is 24.3 Å². The molecule has 3 nitrogen and oxygen atoms in total. The van der Waals surface area contributed by atoms with E-state index >= 15 is 0 Å². The Balaban J connectivity index is 2.41. The van der Waals surface area contributed by atoms with Gasteiger partial charge in [-0.1, -0.05) is 26.0 Å². The van der Waals surface area contributed by atoms with Crippen molar-refractivity contribution in [2.45, 2.75) is 39.7 Å². The van der Waals surface area contributed by atoms with Crippen LogP contribution in [0.2, 0.25) is 0 Å². The molecule has 2 N–H and O–H groups in total. The van der Waals surface area contributed by atoms with Crippen molar-refractivity contribution in [1.82, 2.24) is 5.32 Å². The Morgan fingerprint density at radius 3 is 2.35 bits per heavy atom. The van der Waals surface area contributed by atoms with Crippen LogP contribution in [0.25, 0.3) is 0 Å². The van der Waals surface area contributed by atoms with E-state index in [-0.39, 0.29) is 17.7 Å². The lowest BCUT2D eigenvalue weighted by atomic mass is 10.0. The number of amides is 1. The first-order valence-corrected chi connectivity index (χ1v) is 6.04. The minimum atomic E-state index is 0.0313. The van der Waals surface area contributed by atoms with E-state index in [2.05, 4.69) is 19.2 Å². The van der Waals surface area contributed by atoms with Gasteiger partial charge in [0.05, 0.1) is 6.42 Å². The van der Waals surface area contributed by atoms with E-state index in [1.807, 2.05) is 6.92 Å². The standard InChI is InChI=1S/C14H21NO2/c1-10(2)8-11(3)15-14(17)9-12-4-6-13(16)7-5-12/h4-7,10-11,16H,8-9H2,1-3H3,(H,15,17). The molecule has 0 aromatic heterocycles. The Morgan fingerprint density at radius 1 is 1.24 bits per heavy atom. The predicted octanol–water partition coefficient (Wildman–Crippen LogP) is 2.49. The van der Waals surface area contributed by atoms with Gasteiger partial charge in [0.2, 0.25) is 5.91 Å². The first kappa shape index (κ1) is 13.6. The van der Waals surface area contributed by atoms with Gasteiger partial charge in [-0.2, -0.15) is 0 Å². The Kier molecular flexibility index (Phi) is 5.01. The lowest BCUT2D eigenvalue weighted by Gasteiger charge is -2.15. The molecule has 0 saturated carbocycles. The lowest BCUT2D eigenvalue weighted by Crippen LogP contribution is -2.34. The first-order valence-electron chi connectivity index (χ1n) is 6.04. The number of carbonyl (C=O) groups excluding carboxylic acids is 1. The summed E-state index contributed by atoms with van der Waals surface area (Å²) in [7, 11) is 0. The molecule has 0 spiro atoms. The zero-order valence-corrected chi connectivity index (χ0v) is 10.7. The average molecular weight is 235 g/mol. The second-order valence-electron chi connectivity index (χ2n) is 4.94. The molecule has 0 aliphatic carbocycles. The number of benzene rings is 1. The highest BCUT2D eigenvalue weighted by Crippen LogP contribution is 2.10. The van der Waals surface area contributed by atoms with Gasteiger partial charge < -0.3 is 10.4 Å². The highest BCUT2D eigenvalue weighted by Gasteiger charge is 2.09. The van der Waals surface area contributed by atoms with Crippen molar-refractivity contribution in [2.24, 2.45) is 5.92 Å². The SMILES string of the molecule is CC(C)CC(C)NC(=O)Cc1ccc(O)cc1. The third-order valence-corrected chi connectivity index (χ3v) is 2.53. The van der Waals surface area contributed by atoms with Crippen molar-refractivity contribution in [2.75, 3.05) is 0 Å². The quantitative estimate of drug-likeness (QED) is 0.823. The molecule has 1 atom stereocenters. The van der Waals surface area contributed by atoms with Gasteiger partial charge in [0.15, 0.2) is 0 Å². The molecule has 94 valence electrons. The van der Waals surface area contributed by atoms with Gasteiger partial charge in [0.1, 0.15) is 5.75 Å². The van der Waals surface area contributed by atoms with Crippen LogP contribution in [0.3, 0.4) is 0 Å². The van der Waals surface area contributed by atoms with Crippen LogP contribution in [0.5, 0.6) is 5.75 Å². The molecule has 1 aromatic carbocycles. The maximum absolute atomic E-state index is 11.7. The summed E-state index contributed by atoms with van der Waals surface area (Å²) in [5.74, 6) is 0.838. The summed E-state index contributed by atoms with van der Waals surface area (Å²) < 4.78 is 0. The van der Waals surface area contributed by atoms with Gasteiger partial charge in [0, 0.05) is 6.04 Å². The molecule has 0 heterocycles.